The van der Waals surface area contributed by atoms with Crippen LogP contribution in [0.5, 0.6) is 5.75 Å². The maximum Gasteiger partial charge on any atom is 0.491 e. The first-order chi connectivity index (χ1) is 12.8. The third-order valence-electron chi connectivity index (χ3n) is 4.35. The summed E-state index contributed by atoms with van der Waals surface area (Å²) < 4.78 is 48.8. The van der Waals surface area contributed by atoms with Gasteiger partial charge >= 0.3 is 12.1 Å². The molecule has 1 atom stereocenters. The van der Waals surface area contributed by atoms with E-state index in [-0.39, 0.29) is 18.1 Å². The Balaban J connectivity index is 1.93. The number of ether oxygens (including phenoxy) is 2. The van der Waals surface area contributed by atoms with Crippen molar-refractivity contribution in [3.05, 3.63) is 35.3 Å². The Labute approximate surface area is 149 Å². The molecule has 12 heteroatoms. The molecule has 3 aromatic rings. The van der Waals surface area contributed by atoms with Crippen LogP contribution in [0.25, 0.3) is 10.9 Å². The highest BCUT2D eigenvalue weighted by atomic mass is 19.4. The zero-order chi connectivity index (χ0) is 19.2. The number of carbonyl (C=O) groups is 1. The number of H-pyrrole nitrogens is 2. The van der Waals surface area contributed by atoms with Crippen molar-refractivity contribution in [1.82, 2.24) is 30.9 Å². The quantitative estimate of drug-likeness (QED) is 0.582. The summed E-state index contributed by atoms with van der Waals surface area (Å²) in [5, 5.41) is 16.6. The molecule has 1 aliphatic heterocycles. The summed E-state index contributed by atoms with van der Waals surface area (Å²) in [6, 6.07) is 5.18. The zero-order valence-corrected chi connectivity index (χ0v) is 13.8. The number of hydrogen-bond donors (Lipinski definition) is 3. The molecule has 1 aromatic carbocycles. The molecule has 0 saturated carbocycles. The SMILES string of the molecule is COc1ccc2[nH]c3c(c2c1)CCNC3(OC(=O)C(F)(F)F)c1nn[nH]n1. The van der Waals surface area contributed by atoms with Crippen LogP contribution in [-0.4, -0.2) is 51.4 Å². The van der Waals surface area contributed by atoms with Crippen LogP contribution in [0.15, 0.2) is 18.2 Å². The van der Waals surface area contributed by atoms with Crippen LogP contribution in [0.2, 0.25) is 0 Å². The van der Waals surface area contributed by atoms with E-state index in [1.165, 1.54) is 7.11 Å². The van der Waals surface area contributed by atoms with Crippen molar-refractivity contribution in [1.29, 1.82) is 0 Å². The number of alkyl halides is 3. The highest BCUT2D eigenvalue weighted by Crippen LogP contribution is 2.39. The van der Waals surface area contributed by atoms with Gasteiger partial charge < -0.3 is 14.5 Å². The van der Waals surface area contributed by atoms with Gasteiger partial charge in [0.2, 0.25) is 5.82 Å². The Hall–Kier alpha value is -3.15. The van der Waals surface area contributed by atoms with Crippen molar-refractivity contribution in [2.24, 2.45) is 0 Å². The van der Waals surface area contributed by atoms with E-state index in [4.69, 9.17) is 9.47 Å². The van der Waals surface area contributed by atoms with Gasteiger partial charge in [-0.05, 0) is 35.4 Å². The lowest BCUT2D eigenvalue weighted by Gasteiger charge is -2.35. The maximum absolute atomic E-state index is 12.9. The summed E-state index contributed by atoms with van der Waals surface area (Å²) in [5.74, 6) is -2.04. The van der Waals surface area contributed by atoms with E-state index in [0.29, 0.717) is 23.3 Å². The number of nitrogens with zero attached hydrogens (tertiary/aromatic N) is 3. The minimum absolute atomic E-state index is 0.205. The Morgan fingerprint density at radius 3 is 2.81 bits per heavy atom. The predicted molar refractivity (Wildman–Crippen MR) is 83.7 cm³/mol. The van der Waals surface area contributed by atoms with Gasteiger partial charge in [-0.3, -0.25) is 5.32 Å². The van der Waals surface area contributed by atoms with Gasteiger partial charge in [0.15, 0.2) is 0 Å². The normalized spacial score (nSPS) is 19.7. The fraction of sp³-hybridized carbons (Fsp3) is 0.333. The van der Waals surface area contributed by atoms with E-state index in [1.54, 1.807) is 18.2 Å². The van der Waals surface area contributed by atoms with E-state index in [0.717, 1.165) is 5.39 Å². The topological polar surface area (TPSA) is 118 Å². The second-order valence-corrected chi connectivity index (χ2v) is 5.87. The smallest absolute Gasteiger partial charge is 0.491 e. The van der Waals surface area contributed by atoms with Crippen molar-refractivity contribution in [3.8, 4) is 5.75 Å². The maximum atomic E-state index is 12.9. The van der Waals surface area contributed by atoms with Crippen LogP contribution < -0.4 is 10.1 Å². The van der Waals surface area contributed by atoms with Gasteiger partial charge in [0.25, 0.3) is 5.72 Å². The molecular formula is C15H13F3N6O3. The van der Waals surface area contributed by atoms with Gasteiger partial charge in [0, 0.05) is 17.4 Å². The summed E-state index contributed by atoms with van der Waals surface area (Å²) in [6.07, 6.45) is -4.71. The lowest BCUT2D eigenvalue weighted by molar-refractivity contribution is -0.216. The molecule has 27 heavy (non-hydrogen) atoms. The van der Waals surface area contributed by atoms with E-state index < -0.39 is 17.9 Å². The minimum Gasteiger partial charge on any atom is -0.497 e. The number of esters is 1. The second-order valence-electron chi connectivity index (χ2n) is 5.87. The van der Waals surface area contributed by atoms with Crippen molar-refractivity contribution in [3.63, 3.8) is 0 Å². The molecule has 3 heterocycles. The first-order valence-electron chi connectivity index (χ1n) is 7.83. The van der Waals surface area contributed by atoms with Gasteiger partial charge in [-0.1, -0.05) is 0 Å². The van der Waals surface area contributed by atoms with Crippen LogP contribution >= 0.6 is 0 Å². The number of benzene rings is 1. The molecule has 0 aliphatic carbocycles. The molecule has 0 radical (unpaired) electrons. The average molecular weight is 382 g/mol. The van der Waals surface area contributed by atoms with Crippen molar-refractivity contribution in [2.75, 3.05) is 13.7 Å². The minimum atomic E-state index is -5.19. The number of halogens is 3. The predicted octanol–water partition coefficient (Wildman–Crippen LogP) is 1.14. The number of nitrogens with one attached hydrogen (secondary N) is 3. The largest absolute Gasteiger partial charge is 0.497 e. The summed E-state index contributed by atoms with van der Waals surface area (Å²) in [7, 11) is 1.51. The Bertz CT molecular complexity index is 1000. The Kier molecular flexibility index (Phi) is 3.80. The van der Waals surface area contributed by atoms with E-state index in [1.807, 2.05) is 0 Å². The molecule has 0 saturated heterocycles. The standard InChI is InChI=1S/C15H13F3N6O3/c1-26-7-2-3-10-9(6-7)8-4-5-19-14(11(8)20-10,12-21-23-24-22-12)27-13(25)15(16,17)18/h2-3,6,19-20H,4-5H2,1H3,(H,21,22,23,24). The molecule has 2 aromatic heterocycles. The average Bonchev–Trinajstić information content (AvgIpc) is 3.29. The van der Waals surface area contributed by atoms with E-state index >= 15 is 0 Å². The molecule has 9 nitrogen and oxygen atoms in total. The first kappa shape index (κ1) is 17.3. The third kappa shape index (κ3) is 2.68. The van der Waals surface area contributed by atoms with Crippen molar-refractivity contribution >= 4 is 16.9 Å². The fourth-order valence-corrected chi connectivity index (χ4v) is 3.20. The summed E-state index contributed by atoms with van der Waals surface area (Å²) in [6.45, 7) is 0.219. The van der Waals surface area contributed by atoms with Crippen LogP contribution in [-0.2, 0) is 21.7 Å². The molecule has 0 spiro atoms. The van der Waals surface area contributed by atoms with Gasteiger partial charge in [-0.2, -0.15) is 18.4 Å². The molecule has 142 valence electrons. The van der Waals surface area contributed by atoms with Gasteiger partial charge in [0.1, 0.15) is 5.75 Å². The van der Waals surface area contributed by atoms with Crippen LogP contribution in [0, 0.1) is 0 Å². The molecule has 0 bridgehead atoms. The monoisotopic (exact) mass is 382 g/mol. The number of aromatic nitrogens is 5. The Morgan fingerprint density at radius 2 is 2.15 bits per heavy atom. The molecule has 1 aliphatic rings. The van der Waals surface area contributed by atoms with E-state index in [2.05, 4.69) is 30.9 Å². The number of aromatic amines is 2. The number of hydrogen-bond acceptors (Lipinski definition) is 7. The molecular weight excluding hydrogens is 369 g/mol. The highest BCUT2D eigenvalue weighted by Gasteiger charge is 2.53. The second kappa shape index (κ2) is 5.94. The number of rotatable bonds is 3. The van der Waals surface area contributed by atoms with E-state index in [9.17, 15) is 18.0 Å². The lowest BCUT2D eigenvalue weighted by atomic mass is 9.95. The van der Waals surface area contributed by atoms with Crippen LogP contribution in [0.1, 0.15) is 17.1 Å². The molecule has 0 amide bonds. The van der Waals surface area contributed by atoms with Crippen molar-refractivity contribution < 1.29 is 27.4 Å². The zero-order valence-electron chi connectivity index (χ0n) is 13.8. The molecule has 1 unspecified atom stereocenters. The Morgan fingerprint density at radius 1 is 1.33 bits per heavy atom. The van der Waals surface area contributed by atoms with Gasteiger partial charge in [-0.15, -0.1) is 10.2 Å². The molecule has 0 fully saturated rings. The number of tetrazole rings is 1. The van der Waals surface area contributed by atoms with Crippen molar-refractivity contribution in [2.45, 2.75) is 18.3 Å². The molecule has 4 rings (SSSR count). The lowest BCUT2D eigenvalue weighted by Crippen LogP contribution is -2.53. The number of carbonyl (C=O) groups excluding carboxylic acids is 1. The fourth-order valence-electron chi connectivity index (χ4n) is 3.20. The van der Waals surface area contributed by atoms with Gasteiger partial charge in [0.05, 0.1) is 12.8 Å². The van der Waals surface area contributed by atoms with Crippen LogP contribution in [0.4, 0.5) is 13.2 Å². The summed E-state index contributed by atoms with van der Waals surface area (Å²) in [5.41, 5.74) is -0.543. The highest BCUT2D eigenvalue weighted by molar-refractivity contribution is 5.87. The van der Waals surface area contributed by atoms with Gasteiger partial charge in [-0.25, -0.2) is 4.79 Å². The number of methoxy groups -OCH3 is 1. The summed E-state index contributed by atoms with van der Waals surface area (Å²) >= 11 is 0. The molecule has 3 N–H and O–H groups in total. The third-order valence-corrected chi connectivity index (χ3v) is 4.35. The number of fused-ring (bicyclic) bond motifs is 3. The first-order valence-corrected chi connectivity index (χ1v) is 7.83. The van der Waals surface area contributed by atoms with Crippen LogP contribution in [0.3, 0.4) is 0 Å². The summed E-state index contributed by atoms with van der Waals surface area (Å²) in [4.78, 5) is 14.7.